The highest BCUT2D eigenvalue weighted by atomic mass is 15.3. The van der Waals surface area contributed by atoms with Gasteiger partial charge in [-0.15, -0.1) is 5.10 Å². The summed E-state index contributed by atoms with van der Waals surface area (Å²) in [6.07, 6.45) is 1.28. The molecule has 1 atom stereocenters. The van der Waals surface area contributed by atoms with Gasteiger partial charge in [0, 0.05) is 32.7 Å². The molecule has 0 aliphatic carbocycles. The van der Waals surface area contributed by atoms with Crippen LogP contribution < -0.4 is 10.2 Å². The van der Waals surface area contributed by atoms with Crippen LogP contribution in [0.2, 0.25) is 0 Å². The number of hydrogen-bond donors (Lipinski definition) is 1. The van der Waals surface area contributed by atoms with E-state index in [1.807, 2.05) is 0 Å². The molecule has 1 aromatic rings. The van der Waals surface area contributed by atoms with Crippen molar-refractivity contribution in [1.29, 1.82) is 0 Å². The first kappa shape index (κ1) is 15.2. The van der Waals surface area contributed by atoms with Gasteiger partial charge < -0.3 is 15.1 Å². The Balaban J connectivity index is 1.85. The summed E-state index contributed by atoms with van der Waals surface area (Å²) < 4.78 is 0. The normalized spacial score (nSPS) is 19.8. The summed E-state index contributed by atoms with van der Waals surface area (Å²) in [5.74, 6) is 1.71. The predicted molar refractivity (Wildman–Crippen MR) is 82.9 cm³/mol. The van der Waals surface area contributed by atoms with Gasteiger partial charge in [-0.25, -0.2) is 0 Å². The zero-order valence-corrected chi connectivity index (χ0v) is 13.1. The van der Waals surface area contributed by atoms with E-state index in [9.17, 15) is 0 Å². The molecule has 5 nitrogen and oxygen atoms in total. The van der Waals surface area contributed by atoms with Crippen LogP contribution in [-0.4, -0.2) is 54.9 Å². The Bertz CT molecular complexity index is 403. The fraction of sp³-hybridized carbons (Fsp3) is 0.733. The lowest BCUT2D eigenvalue weighted by atomic mass is 10.1. The molecule has 0 bridgehead atoms. The smallest absolute Gasteiger partial charge is 0.150 e. The molecule has 2 heterocycles. The minimum Gasteiger partial charge on any atom is -0.358 e. The van der Waals surface area contributed by atoms with Crippen molar-refractivity contribution in [3.05, 3.63) is 17.8 Å². The number of nitrogens with zero attached hydrogens (tertiary/aromatic N) is 4. The van der Waals surface area contributed by atoms with E-state index in [2.05, 4.69) is 65.4 Å². The number of anilines is 1. The molecule has 0 radical (unpaired) electrons. The second-order valence-electron chi connectivity index (χ2n) is 6.22. The SMILES string of the molecule is CC(C)NCc1ccc(N(C)CC2CCN(C)C2)nn1. The number of likely N-dealkylation sites (tertiary alicyclic amines) is 1. The molecule has 1 N–H and O–H groups in total. The van der Waals surface area contributed by atoms with E-state index in [0.717, 1.165) is 30.5 Å². The van der Waals surface area contributed by atoms with Crippen LogP contribution in [0.1, 0.15) is 26.0 Å². The summed E-state index contributed by atoms with van der Waals surface area (Å²) >= 11 is 0. The van der Waals surface area contributed by atoms with Crippen molar-refractivity contribution in [2.75, 3.05) is 38.6 Å². The predicted octanol–water partition coefficient (Wildman–Crippen LogP) is 1.36. The van der Waals surface area contributed by atoms with Gasteiger partial charge in [-0.1, -0.05) is 13.8 Å². The first-order valence-corrected chi connectivity index (χ1v) is 7.50. The van der Waals surface area contributed by atoms with E-state index >= 15 is 0 Å². The highest BCUT2D eigenvalue weighted by Gasteiger charge is 2.21. The molecule has 0 aromatic carbocycles. The van der Waals surface area contributed by atoms with Gasteiger partial charge in [-0.2, -0.15) is 5.10 Å². The van der Waals surface area contributed by atoms with Crippen LogP contribution in [0.15, 0.2) is 12.1 Å². The lowest BCUT2D eigenvalue weighted by Crippen LogP contribution is -2.28. The van der Waals surface area contributed by atoms with Gasteiger partial charge in [0.05, 0.1) is 5.69 Å². The quantitative estimate of drug-likeness (QED) is 0.850. The van der Waals surface area contributed by atoms with E-state index in [1.54, 1.807) is 0 Å². The van der Waals surface area contributed by atoms with E-state index in [-0.39, 0.29) is 0 Å². The zero-order chi connectivity index (χ0) is 14.5. The fourth-order valence-corrected chi connectivity index (χ4v) is 2.62. The van der Waals surface area contributed by atoms with E-state index in [0.29, 0.717) is 6.04 Å². The van der Waals surface area contributed by atoms with Crippen molar-refractivity contribution in [2.45, 2.75) is 32.9 Å². The Morgan fingerprint density at radius 2 is 2.20 bits per heavy atom. The van der Waals surface area contributed by atoms with Gasteiger partial charge in [0.15, 0.2) is 5.82 Å². The van der Waals surface area contributed by atoms with Crippen LogP contribution in [0.25, 0.3) is 0 Å². The Morgan fingerprint density at radius 1 is 1.40 bits per heavy atom. The van der Waals surface area contributed by atoms with Crippen LogP contribution in [0.4, 0.5) is 5.82 Å². The van der Waals surface area contributed by atoms with Crippen molar-refractivity contribution in [2.24, 2.45) is 5.92 Å². The highest BCUT2D eigenvalue weighted by molar-refractivity contribution is 5.36. The number of aromatic nitrogens is 2. The molecule has 20 heavy (non-hydrogen) atoms. The second-order valence-corrected chi connectivity index (χ2v) is 6.22. The maximum atomic E-state index is 4.34. The van der Waals surface area contributed by atoms with Crippen LogP contribution in [0.5, 0.6) is 0 Å². The molecule has 0 saturated carbocycles. The third-order valence-corrected chi connectivity index (χ3v) is 3.81. The van der Waals surface area contributed by atoms with E-state index in [1.165, 1.54) is 19.5 Å². The average molecular weight is 277 g/mol. The highest BCUT2D eigenvalue weighted by Crippen LogP contribution is 2.17. The van der Waals surface area contributed by atoms with Crippen LogP contribution >= 0.6 is 0 Å². The van der Waals surface area contributed by atoms with Crippen LogP contribution in [0.3, 0.4) is 0 Å². The van der Waals surface area contributed by atoms with Crippen molar-refractivity contribution in [3.63, 3.8) is 0 Å². The van der Waals surface area contributed by atoms with E-state index in [4.69, 9.17) is 0 Å². The monoisotopic (exact) mass is 277 g/mol. The third-order valence-electron chi connectivity index (χ3n) is 3.81. The van der Waals surface area contributed by atoms with Gasteiger partial charge in [0.25, 0.3) is 0 Å². The molecular formula is C15H27N5. The van der Waals surface area contributed by atoms with E-state index < -0.39 is 0 Å². The van der Waals surface area contributed by atoms with Gasteiger partial charge in [0.2, 0.25) is 0 Å². The summed E-state index contributed by atoms with van der Waals surface area (Å²) in [5.41, 5.74) is 0.997. The second kappa shape index (κ2) is 6.99. The molecule has 1 saturated heterocycles. The molecule has 0 amide bonds. The summed E-state index contributed by atoms with van der Waals surface area (Å²) in [6, 6.07) is 4.61. The summed E-state index contributed by atoms with van der Waals surface area (Å²) in [4.78, 5) is 4.61. The fourth-order valence-electron chi connectivity index (χ4n) is 2.62. The maximum absolute atomic E-state index is 4.34. The lowest BCUT2D eigenvalue weighted by molar-refractivity contribution is 0.395. The Morgan fingerprint density at radius 3 is 2.75 bits per heavy atom. The number of rotatable bonds is 6. The Kier molecular flexibility index (Phi) is 5.31. The minimum absolute atomic E-state index is 0.471. The summed E-state index contributed by atoms with van der Waals surface area (Å²) in [7, 11) is 4.30. The first-order valence-electron chi connectivity index (χ1n) is 7.50. The van der Waals surface area contributed by atoms with Crippen LogP contribution in [-0.2, 0) is 6.54 Å². The molecule has 1 aliphatic heterocycles. The van der Waals surface area contributed by atoms with Crippen molar-refractivity contribution in [3.8, 4) is 0 Å². The largest absolute Gasteiger partial charge is 0.358 e. The minimum atomic E-state index is 0.471. The summed E-state index contributed by atoms with van der Waals surface area (Å²) in [5, 5.41) is 12.0. The molecule has 5 heteroatoms. The van der Waals surface area contributed by atoms with Gasteiger partial charge >= 0.3 is 0 Å². The van der Waals surface area contributed by atoms with Gasteiger partial charge in [0.1, 0.15) is 0 Å². The molecule has 0 spiro atoms. The zero-order valence-electron chi connectivity index (χ0n) is 13.1. The van der Waals surface area contributed by atoms with Crippen molar-refractivity contribution >= 4 is 5.82 Å². The molecule has 112 valence electrons. The molecule has 2 rings (SSSR count). The molecule has 1 aliphatic rings. The summed E-state index contributed by atoms with van der Waals surface area (Å²) in [6.45, 7) is 8.51. The number of hydrogen-bond acceptors (Lipinski definition) is 5. The topological polar surface area (TPSA) is 44.3 Å². The lowest BCUT2D eigenvalue weighted by Gasteiger charge is -2.21. The molecule has 1 unspecified atom stereocenters. The Labute approximate surface area is 122 Å². The molecular weight excluding hydrogens is 250 g/mol. The molecule has 1 aromatic heterocycles. The van der Waals surface area contributed by atoms with Gasteiger partial charge in [-0.05, 0) is 38.1 Å². The van der Waals surface area contributed by atoms with Crippen molar-refractivity contribution < 1.29 is 0 Å². The van der Waals surface area contributed by atoms with Crippen LogP contribution in [0, 0.1) is 5.92 Å². The first-order chi connectivity index (χ1) is 9.54. The van der Waals surface area contributed by atoms with Crippen molar-refractivity contribution in [1.82, 2.24) is 20.4 Å². The number of nitrogens with one attached hydrogen (secondary N) is 1. The van der Waals surface area contributed by atoms with Gasteiger partial charge in [-0.3, -0.25) is 0 Å². The standard InChI is InChI=1S/C15H27N5/c1-12(2)16-9-14-5-6-15(18-17-14)20(4)11-13-7-8-19(3)10-13/h5-6,12-13,16H,7-11H2,1-4H3. The third kappa shape index (κ3) is 4.42. The molecule has 1 fully saturated rings. The average Bonchev–Trinajstić information content (AvgIpc) is 2.82. The maximum Gasteiger partial charge on any atom is 0.150 e. The Hall–Kier alpha value is -1.20.